The number of fused-ring (bicyclic) bond motifs is 1. The minimum atomic E-state index is -1.31. The number of nitrogens with one attached hydrogen (secondary N) is 2. The van der Waals surface area contributed by atoms with Crippen molar-refractivity contribution in [3.63, 3.8) is 0 Å². The number of aromatic nitrogens is 4. The maximum absolute atomic E-state index is 12.3. The van der Waals surface area contributed by atoms with Gasteiger partial charge < -0.3 is 31.7 Å². The molecular weight excluding hydrogens is 422 g/mol. The van der Waals surface area contributed by atoms with E-state index in [4.69, 9.17) is 15.9 Å². The Morgan fingerprint density at radius 3 is 2.44 bits per heavy atom. The zero-order valence-electron chi connectivity index (χ0n) is 16.5. The molecule has 0 aliphatic heterocycles. The molecule has 0 spiro atoms. The van der Waals surface area contributed by atoms with Crippen LogP contribution in [-0.4, -0.2) is 59.1 Å². The van der Waals surface area contributed by atoms with Gasteiger partial charge in [-0.05, 0) is 30.7 Å². The minimum Gasteiger partial charge on any atom is -0.492 e. The Labute approximate surface area is 180 Å². The van der Waals surface area contributed by atoms with Crippen molar-refractivity contribution in [2.45, 2.75) is 25.4 Å². The number of nitrogens with two attached hydrogens (primary N) is 1. The van der Waals surface area contributed by atoms with Gasteiger partial charge in [-0.1, -0.05) is 0 Å². The summed E-state index contributed by atoms with van der Waals surface area (Å²) in [7, 11) is 0. The van der Waals surface area contributed by atoms with E-state index in [2.05, 4.69) is 30.6 Å². The summed E-state index contributed by atoms with van der Waals surface area (Å²) in [5.74, 6) is -3.59. The van der Waals surface area contributed by atoms with Crippen LogP contribution in [0.4, 0.5) is 11.6 Å². The molecule has 1 amide bonds. The molecule has 166 valence electrons. The normalized spacial score (nSPS) is 11.6. The van der Waals surface area contributed by atoms with E-state index < -0.39 is 23.9 Å². The topological polar surface area (TPSA) is 214 Å². The van der Waals surface area contributed by atoms with Gasteiger partial charge in [-0.15, -0.1) is 0 Å². The molecule has 3 rings (SSSR count). The van der Waals surface area contributed by atoms with Crippen LogP contribution in [0.15, 0.2) is 30.5 Å². The number of carboxylic acid groups (broad SMARTS) is 2. The average molecular weight is 441 g/mol. The van der Waals surface area contributed by atoms with Crippen molar-refractivity contribution >= 4 is 40.6 Å². The van der Waals surface area contributed by atoms with Gasteiger partial charge in [-0.3, -0.25) is 9.59 Å². The number of rotatable bonds is 9. The number of aliphatic carboxylic acids is 2. The molecule has 2 aromatic heterocycles. The van der Waals surface area contributed by atoms with Crippen LogP contribution < -0.4 is 16.4 Å². The fourth-order valence-electron chi connectivity index (χ4n) is 2.73. The van der Waals surface area contributed by atoms with Gasteiger partial charge in [-0.25, -0.2) is 14.8 Å². The standard InChI is InChI=1S/C19H19N7O6/c20-19-25-15-14(17(30)26-19)23-11(8-22-15)7-21-10-3-1-9(2-4-10)16(29)24-12(18(31)32)5-6-13(27)28/h1-4,8,12,21H,5-7H2,(H,24,29)(H,27,28)(H,31,32)(H3,20,22,25,26,30)/t12-/m1/s1. The molecule has 2 heterocycles. The molecule has 13 heteroatoms. The molecule has 32 heavy (non-hydrogen) atoms. The van der Waals surface area contributed by atoms with E-state index in [1.54, 1.807) is 12.1 Å². The quantitative estimate of drug-likeness (QED) is 0.266. The molecular formula is C19H19N7O6. The zero-order valence-corrected chi connectivity index (χ0v) is 16.5. The van der Waals surface area contributed by atoms with Crippen LogP contribution in [0.25, 0.3) is 11.2 Å². The number of carbonyl (C=O) groups is 3. The second-order valence-corrected chi connectivity index (χ2v) is 6.67. The van der Waals surface area contributed by atoms with Gasteiger partial charge in [0.1, 0.15) is 6.04 Å². The van der Waals surface area contributed by atoms with E-state index in [0.717, 1.165) is 0 Å². The maximum atomic E-state index is 12.3. The van der Waals surface area contributed by atoms with E-state index >= 15 is 0 Å². The lowest BCUT2D eigenvalue weighted by Crippen LogP contribution is -2.41. The van der Waals surface area contributed by atoms with Crippen LogP contribution >= 0.6 is 0 Å². The third-order valence-electron chi connectivity index (χ3n) is 4.33. The molecule has 0 radical (unpaired) electrons. The number of amides is 1. The Bertz CT molecular complexity index is 1170. The van der Waals surface area contributed by atoms with Crippen LogP contribution in [0.1, 0.15) is 28.9 Å². The molecule has 3 aromatic rings. The summed E-state index contributed by atoms with van der Waals surface area (Å²) in [4.78, 5) is 50.0. The second-order valence-electron chi connectivity index (χ2n) is 6.67. The van der Waals surface area contributed by atoms with Gasteiger partial charge in [0.2, 0.25) is 11.8 Å². The predicted octanol–water partition coefficient (Wildman–Crippen LogP) is 0.368. The number of carboxylic acids is 2. The molecule has 0 aliphatic rings. The van der Waals surface area contributed by atoms with Crippen molar-refractivity contribution in [3.05, 3.63) is 41.7 Å². The number of benzene rings is 1. The average Bonchev–Trinajstić information content (AvgIpc) is 2.75. The number of aromatic hydroxyl groups is 1. The van der Waals surface area contributed by atoms with E-state index in [-0.39, 0.29) is 47.9 Å². The van der Waals surface area contributed by atoms with Crippen molar-refractivity contribution in [3.8, 4) is 5.88 Å². The fourth-order valence-corrected chi connectivity index (χ4v) is 2.73. The lowest BCUT2D eigenvalue weighted by atomic mass is 10.1. The lowest BCUT2D eigenvalue weighted by Gasteiger charge is -2.14. The minimum absolute atomic E-state index is 0.112. The Morgan fingerprint density at radius 2 is 1.78 bits per heavy atom. The molecule has 0 aliphatic carbocycles. The molecule has 1 atom stereocenters. The van der Waals surface area contributed by atoms with E-state index in [0.29, 0.717) is 11.4 Å². The summed E-state index contributed by atoms with van der Waals surface area (Å²) in [6.07, 6.45) is 0.858. The first-order valence-corrected chi connectivity index (χ1v) is 9.30. The third kappa shape index (κ3) is 5.53. The molecule has 0 saturated heterocycles. The highest BCUT2D eigenvalue weighted by Crippen LogP contribution is 2.19. The van der Waals surface area contributed by atoms with Gasteiger partial charge in [-0.2, -0.15) is 9.97 Å². The Morgan fingerprint density at radius 1 is 1.06 bits per heavy atom. The molecule has 0 fully saturated rings. The van der Waals surface area contributed by atoms with Gasteiger partial charge in [0.05, 0.1) is 18.4 Å². The van der Waals surface area contributed by atoms with E-state index in [1.165, 1.54) is 18.3 Å². The molecule has 0 saturated carbocycles. The van der Waals surface area contributed by atoms with Crippen LogP contribution in [-0.2, 0) is 16.1 Å². The van der Waals surface area contributed by atoms with Crippen molar-refractivity contribution in [2.75, 3.05) is 11.1 Å². The summed E-state index contributed by atoms with van der Waals surface area (Å²) >= 11 is 0. The van der Waals surface area contributed by atoms with Crippen LogP contribution in [0.3, 0.4) is 0 Å². The highest BCUT2D eigenvalue weighted by molar-refractivity contribution is 5.96. The molecule has 7 N–H and O–H groups in total. The highest BCUT2D eigenvalue weighted by atomic mass is 16.4. The van der Waals surface area contributed by atoms with Crippen molar-refractivity contribution in [1.29, 1.82) is 0 Å². The molecule has 0 unspecified atom stereocenters. The summed E-state index contributed by atoms with van der Waals surface area (Å²) in [5, 5.41) is 33.1. The summed E-state index contributed by atoms with van der Waals surface area (Å²) in [5.41, 5.74) is 7.07. The summed E-state index contributed by atoms with van der Waals surface area (Å²) in [6.45, 7) is 0.245. The van der Waals surface area contributed by atoms with Crippen LogP contribution in [0.5, 0.6) is 5.88 Å². The van der Waals surface area contributed by atoms with Crippen LogP contribution in [0.2, 0.25) is 0 Å². The summed E-state index contributed by atoms with van der Waals surface area (Å²) in [6, 6.07) is 4.89. The first-order valence-electron chi connectivity index (χ1n) is 9.30. The van der Waals surface area contributed by atoms with Gasteiger partial charge in [0.25, 0.3) is 5.91 Å². The summed E-state index contributed by atoms with van der Waals surface area (Å²) < 4.78 is 0. The Hall–Kier alpha value is -4.55. The maximum Gasteiger partial charge on any atom is 0.326 e. The number of hydrogen-bond acceptors (Lipinski definition) is 10. The lowest BCUT2D eigenvalue weighted by molar-refractivity contribution is -0.140. The number of hydrogen-bond donors (Lipinski definition) is 6. The first-order chi connectivity index (χ1) is 15.2. The first kappa shape index (κ1) is 22.1. The number of nitrogen functional groups attached to an aromatic ring is 1. The van der Waals surface area contributed by atoms with Gasteiger partial charge in [0.15, 0.2) is 11.2 Å². The Kier molecular flexibility index (Phi) is 6.58. The van der Waals surface area contributed by atoms with E-state index in [1.807, 2.05) is 0 Å². The third-order valence-corrected chi connectivity index (χ3v) is 4.33. The molecule has 13 nitrogen and oxygen atoms in total. The largest absolute Gasteiger partial charge is 0.492 e. The number of carbonyl (C=O) groups excluding carboxylic acids is 1. The van der Waals surface area contributed by atoms with Crippen LogP contribution in [0, 0.1) is 0 Å². The van der Waals surface area contributed by atoms with Gasteiger partial charge in [0, 0.05) is 17.7 Å². The predicted molar refractivity (Wildman–Crippen MR) is 111 cm³/mol. The van der Waals surface area contributed by atoms with Crippen molar-refractivity contribution in [1.82, 2.24) is 25.3 Å². The SMILES string of the molecule is Nc1nc(O)c2nc(CNc3ccc(C(=O)N[C@H](CCC(=O)O)C(=O)O)cc3)cnc2n1. The zero-order chi connectivity index (χ0) is 23.3. The van der Waals surface area contributed by atoms with Crippen molar-refractivity contribution in [2.24, 2.45) is 0 Å². The fraction of sp³-hybridized carbons (Fsp3) is 0.211. The monoisotopic (exact) mass is 441 g/mol. The highest BCUT2D eigenvalue weighted by Gasteiger charge is 2.21. The molecule has 1 aromatic carbocycles. The second kappa shape index (κ2) is 9.51. The van der Waals surface area contributed by atoms with E-state index in [9.17, 15) is 19.5 Å². The van der Waals surface area contributed by atoms with Crippen molar-refractivity contribution < 1.29 is 29.7 Å². The molecule has 0 bridgehead atoms. The number of anilines is 2. The number of nitrogens with zero attached hydrogens (tertiary/aromatic N) is 4. The smallest absolute Gasteiger partial charge is 0.326 e. The Balaban J connectivity index is 1.62. The van der Waals surface area contributed by atoms with Gasteiger partial charge >= 0.3 is 11.9 Å².